The van der Waals surface area contributed by atoms with Crippen molar-refractivity contribution in [3.8, 4) is 0 Å². The minimum absolute atomic E-state index is 0.0464. The van der Waals surface area contributed by atoms with Gasteiger partial charge in [0.05, 0.1) is 10.5 Å². The van der Waals surface area contributed by atoms with Crippen LogP contribution in [-0.4, -0.2) is 35.5 Å². The van der Waals surface area contributed by atoms with Crippen molar-refractivity contribution < 1.29 is 19.2 Å². The minimum Gasteiger partial charge on any atom is -0.449 e. The predicted molar refractivity (Wildman–Crippen MR) is 109 cm³/mol. The Kier molecular flexibility index (Phi) is 6.85. The Bertz CT molecular complexity index is 817. The van der Waals surface area contributed by atoms with Crippen molar-refractivity contribution in [1.29, 1.82) is 0 Å². The van der Waals surface area contributed by atoms with Crippen LogP contribution >= 0.6 is 0 Å². The molecular formula is C21H27N3O5. The molecule has 0 spiro atoms. The Labute approximate surface area is 169 Å². The second-order valence-electron chi connectivity index (χ2n) is 7.60. The minimum atomic E-state index is -0.980. The molecule has 1 aromatic rings. The van der Waals surface area contributed by atoms with Crippen LogP contribution in [0.25, 0.3) is 0 Å². The quantitative estimate of drug-likeness (QED) is 0.282. The summed E-state index contributed by atoms with van der Waals surface area (Å²) in [5.74, 6) is -1.14. The standard InChI is InChI=1S/C21H27N3O5/c1-14(20(25)22-12-11-15-5-3-2-4-6-15)29-21(26)16-7-10-18(23-17-8-9-17)19(13-16)24(27)28/h5,7,10,13-14,17,23H,2-4,6,8-9,11-12H2,1H3,(H,22,25)/t14-/m1/s1. The molecule has 2 aliphatic carbocycles. The van der Waals surface area contributed by atoms with Crippen LogP contribution in [0.5, 0.6) is 0 Å². The fraction of sp³-hybridized carbons (Fsp3) is 0.524. The molecule has 0 unspecified atom stereocenters. The molecule has 1 aromatic carbocycles. The molecule has 156 valence electrons. The fourth-order valence-corrected chi connectivity index (χ4v) is 3.28. The van der Waals surface area contributed by atoms with Crippen molar-refractivity contribution in [2.45, 2.75) is 64.0 Å². The van der Waals surface area contributed by atoms with Gasteiger partial charge in [0.2, 0.25) is 0 Å². The first-order chi connectivity index (χ1) is 13.9. The molecule has 0 radical (unpaired) electrons. The van der Waals surface area contributed by atoms with Crippen LogP contribution < -0.4 is 10.6 Å². The number of hydrogen-bond donors (Lipinski definition) is 2. The number of rotatable bonds is 9. The summed E-state index contributed by atoms with van der Waals surface area (Å²) in [5.41, 5.74) is 1.61. The summed E-state index contributed by atoms with van der Waals surface area (Å²) >= 11 is 0. The third-order valence-corrected chi connectivity index (χ3v) is 5.15. The van der Waals surface area contributed by atoms with Crippen molar-refractivity contribution >= 4 is 23.3 Å². The molecular weight excluding hydrogens is 374 g/mol. The van der Waals surface area contributed by atoms with E-state index < -0.39 is 17.0 Å². The number of nitrogens with zero attached hydrogens (tertiary/aromatic N) is 1. The number of nitro groups is 1. The van der Waals surface area contributed by atoms with Crippen molar-refractivity contribution in [2.24, 2.45) is 0 Å². The number of amides is 1. The lowest BCUT2D eigenvalue weighted by atomic mass is 9.97. The summed E-state index contributed by atoms with van der Waals surface area (Å²) in [6.45, 7) is 1.99. The molecule has 3 rings (SSSR count). The van der Waals surface area contributed by atoms with Gasteiger partial charge in [-0.25, -0.2) is 4.79 Å². The van der Waals surface area contributed by atoms with Crippen molar-refractivity contribution in [2.75, 3.05) is 11.9 Å². The van der Waals surface area contributed by atoms with E-state index in [0.29, 0.717) is 12.2 Å². The SMILES string of the molecule is C[C@@H](OC(=O)c1ccc(NC2CC2)c([N+](=O)[O-])c1)C(=O)NCCC1=CCCCC1. The summed E-state index contributed by atoms with van der Waals surface area (Å²) < 4.78 is 5.20. The Balaban J connectivity index is 1.52. The number of allylic oxidation sites excluding steroid dienone is 1. The zero-order chi connectivity index (χ0) is 20.8. The molecule has 1 fully saturated rings. The fourth-order valence-electron chi connectivity index (χ4n) is 3.28. The largest absolute Gasteiger partial charge is 0.449 e. The van der Waals surface area contributed by atoms with Gasteiger partial charge in [0.25, 0.3) is 11.6 Å². The maximum absolute atomic E-state index is 12.3. The van der Waals surface area contributed by atoms with E-state index in [-0.39, 0.29) is 23.2 Å². The van der Waals surface area contributed by atoms with E-state index in [1.807, 2.05) is 0 Å². The number of ether oxygens (including phenoxy) is 1. The number of anilines is 1. The van der Waals surface area contributed by atoms with E-state index in [1.165, 1.54) is 43.5 Å². The van der Waals surface area contributed by atoms with E-state index in [0.717, 1.165) is 32.1 Å². The second-order valence-corrected chi connectivity index (χ2v) is 7.60. The highest BCUT2D eigenvalue weighted by Crippen LogP contribution is 2.31. The van der Waals surface area contributed by atoms with E-state index in [1.54, 1.807) is 0 Å². The topological polar surface area (TPSA) is 111 Å². The summed E-state index contributed by atoms with van der Waals surface area (Å²) in [6.07, 6.45) is 8.58. The molecule has 0 bridgehead atoms. The number of esters is 1. The molecule has 2 N–H and O–H groups in total. The predicted octanol–water partition coefficient (Wildman–Crippen LogP) is 3.72. The molecule has 8 nitrogen and oxygen atoms in total. The molecule has 1 amide bonds. The smallest absolute Gasteiger partial charge is 0.339 e. The Hall–Kier alpha value is -2.90. The molecule has 0 aliphatic heterocycles. The second kappa shape index (κ2) is 9.54. The number of carbonyl (C=O) groups excluding carboxylic acids is 2. The van der Waals surface area contributed by atoms with Gasteiger partial charge in [0.15, 0.2) is 6.10 Å². The van der Waals surface area contributed by atoms with Gasteiger partial charge in [-0.2, -0.15) is 0 Å². The summed E-state index contributed by atoms with van der Waals surface area (Å²) in [6, 6.07) is 4.42. The lowest BCUT2D eigenvalue weighted by Crippen LogP contribution is -2.36. The third-order valence-electron chi connectivity index (χ3n) is 5.15. The normalized spacial score (nSPS) is 17.1. The van der Waals surface area contributed by atoms with Crippen molar-refractivity contribution in [3.63, 3.8) is 0 Å². The number of hydrogen-bond acceptors (Lipinski definition) is 6. The zero-order valence-corrected chi connectivity index (χ0v) is 16.6. The van der Waals surface area contributed by atoms with Crippen LogP contribution in [0.4, 0.5) is 11.4 Å². The number of nitro benzene ring substituents is 1. The molecule has 8 heteroatoms. The lowest BCUT2D eigenvalue weighted by molar-refractivity contribution is -0.384. The van der Waals surface area contributed by atoms with Crippen LogP contribution in [-0.2, 0) is 9.53 Å². The monoisotopic (exact) mass is 401 g/mol. The Morgan fingerprint density at radius 2 is 2.10 bits per heavy atom. The summed E-state index contributed by atoms with van der Waals surface area (Å²) in [7, 11) is 0. The highest BCUT2D eigenvalue weighted by molar-refractivity contribution is 5.93. The highest BCUT2D eigenvalue weighted by Gasteiger charge is 2.26. The summed E-state index contributed by atoms with van der Waals surface area (Å²) in [4.78, 5) is 35.3. The van der Waals surface area contributed by atoms with E-state index >= 15 is 0 Å². The van der Waals surface area contributed by atoms with Crippen molar-refractivity contribution in [1.82, 2.24) is 5.32 Å². The van der Waals surface area contributed by atoms with Gasteiger partial charge in [0.1, 0.15) is 5.69 Å². The highest BCUT2D eigenvalue weighted by atomic mass is 16.6. The van der Waals surface area contributed by atoms with Gasteiger partial charge >= 0.3 is 5.97 Å². The van der Waals surface area contributed by atoms with Gasteiger partial charge < -0.3 is 15.4 Å². The van der Waals surface area contributed by atoms with Crippen LogP contribution in [0.15, 0.2) is 29.8 Å². The Morgan fingerprint density at radius 3 is 2.76 bits per heavy atom. The van der Waals surface area contributed by atoms with Gasteiger partial charge in [-0.1, -0.05) is 11.6 Å². The molecule has 1 saturated carbocycles. The molecule has 2 aliphatic rings. The van der Waals surface area contributed by atoms with E-state index in [2.05, 4.69) is 16.7 Å². The molecule has 1 atom stereocenters. The molecule has 0 saturated heterocycles. The van der Waals surface area contributed by atoms with Crippen LogP contribution in [0.1, 0.15) is 62.2 Å². The molecule has 0 heterocycles. The zero-order valence-electron chi connectivity index (χ0n) is 16.6. The van der Waals surface area contributed by atoms with Crippen LogP contribution in [0, 0.1) is 10.1 Å². The van der Waals surface area contributed by atoms with Gasteiger partial charge in [-0.05, 0) is 64.0 Å². The molecule has 29 heavy (non-hydrogen) atoms. The van der Waals surface area contributed by atoms with Gasteiger partial charge in [-0.3, -0.25) is 14.9 Å². The first-order valence-electron chi connectivity index (χ1n) is 10.2. The Morgan fingerprint density at radius 1 is 1.31 bits per heavy atom. The van der Waals surface area contributed by atoms with E-state index in [9.17, 15) is 19.7 Å². The van der Waals surface area contributed by atoms with Crippen LogP contribution in [0.3, 0.4) is 0 Å². The maximum Gasteiger partial charge on any atom is 0.339 e. The average molecular weight is 401 g/mol. The maximum atomic E-state index is 12.3. The lowest BCUT2D eigenvalue weighted by Gasteiger charge is -2.16. The number of carbonyl (C=O) groups is 2. The van der Waals surface area contributed by atoms with Gasteiger partial charge in [0, 0.05) is 18.7 Å². The average Bonchev–Trinajstić information content (AvgIpc) is 3.52. The number of nitrogens with one attached hydrogen (secondary N) is 2. The first-order valence-corrected chi connectivity index (χ1v) is 10.2. The third kappa shape index (κ3) is 6.04. The van der Waals surface area contributed by atoms with Crippen molar-refractivity contribution in [3.05, 3.63) is 45.5 Å². The van der Waals surface area contributed by atoms with E-state index in [4.69, 9.17) is 4.74 Å². The van der Waals surface area contributed by atoms with Gasteiger partial charge in [-0.15, -0.1) is 0 Å². The number of benzene rings is 1. The first kappa shape index (κ1) is 20.8. The summed E-state index contributed by atoms with van der Waals surface area (Å²) in [5, 5.41) is 17.2. The molecule has 0 aromatic heterocycles. The van der Waals surface area contributed by atoms with Crippen LogP contribution in [0.2, 0.25) is 0 Å².